The number of likely N-dealkylation sites (tertiary alicyclic amines) is 1. The summed E-state index contributed by atoms with van der Waals surface area (Å²) in [5.74, 6) is 2.71. The van der Waals surface area contributed by atoms with E-state index in [-0.39, 0.29) is 12.0 Å². The monoisotopic (exact) mass is 325 g/mol. The Labute approximate surface area is 134 Å². The maximum atomic E-state index is 12.7. The van der Waals surface area contributed by atoms with Crippen LogP contribution in [-0.2, 0) is 23.2 Å². The van der Waals surface area contributed by atoms with Crippen molar-refractivity contribution in [2.24, 2.45) is 0 Å². The van der Waals surface area contributed by atoms with Crippen LogP contribution in [0.3, 0.4) is 0 Å². The van der Waals surface area contributed by atoms with Gasteiger partial charge in [0.1, 0.15) is 5.60 Å². The van der Waals surface area contributed by atoms with Crippen molar-refractivity contribution < 1.29 is 13.5 Å². The molecule has 0 amide bonds. The standard InChI is InChI=1S/C17H21F2NOS/c1-3-6-20-7-5-17(11-12(20)2)16-13(4-8-21-17)9-14(22-16)10-15(18)19/h1,9,12,15H,4-8,10-11H2,2H3/t12-,17+/m0/s1. The number of hydrogen-bond donors (Lipinski definition) is 0. The van der Waals surface area contributed by atoms with Crippen LogP contribution in [0.15, 0.2) is 6.07 Å². The summed E-state index contributed by atoms with van der Waals surface area (Å²) in [7, 11) is 0. The van der Waals surface area contributed by atoms with E-state index in [0.29, 0.717) is 19.2 Å². The zero-order valence-electron chi connectivity index (χ0n) is 12.8. The molecule has 0 aliphatic carbocycles. The molecule has 1 aromatic rings. The maximum Gasteiger partial charge on any atom is 0.243 e. The molecule has 0 unspecified atom stereocenters. The third kappa shape index (κ3) is 2.92. The Morgan fingerprint density at radius 3 is 3.09 bits per heavy atom. The molecule has 0 radical (unpaired) electrons. The van der Waals surface area contributed by atoms with Crippen LogP contribution in [0.4, 0.5) is 8.78 Å². The third-order valence-electron chi connectivity index (χ3n) is 4.72. The predicted octanol–water partition coefficient (Wildman–Crippen LogP) is 3.44. The van der Waals surface area contributed by atoms with Crippen LogP contribution in [-0.4, -0.2) is 37.1 Å². The van der Waals surface area contributed by atoms with Gasteiger partial charge in [-0.2, -0.15) is 0 Å². The predicted molar refractivity (Wildman–Crippen MR) is 84.5 cm³/mol. The van der Waals surface area contributed by atoms with Gasteiger partial charge < -0.3 is 4.74 Å². The van der Waals surface area contributed by atoms with Crippen LogP contribution in [0.5, 0.6) is 0 Å². The van der Waals surface area contributed by atoms with Gasteiger partial charge in [0.2, 0.25) is 6.43 Å². The van der Waals surface area contributed by atoms with Gasteiger partial charge in [-0.3, -0.25) is 4.90 Å². The molecule has 0 saturated carbocycles. The number of alkyl halides is 2. The Bertz CT molecular complexity index is 580. The molecule has 2 aliphatic rings. The van der Waals surface area contributed by atoms with Gasteiger partial charge in [0.25, 0.3) is 0 Å². The van der Waals surface area contributed by atoms with Crippen molar-refractivity contribution in [2.75, 3.05) is 19.7 Å². The fraction of sp³-hybridized carbons (Fsp3) is 0.647. The number of rotatable bonds is 3. The quantitative estimate of drug-likeness (QED) is 0.790. The molecule has 1 aromatic heterocycles. The molecule has 0 aromatic carbocycles. The zero-order chi connectivity index (χ0) is 15.7. The molecule has 2 nitrogen and oxygen atoms in total. The molecule has 22 heavy (non-hydrogen) atoms. The summed E-state index contributed by atoms with van der Waals surface area (Å²) in [6.45, 7) is 4.40. The fourth-order valence-corrected chi connectivity index (χ4v) is 5.07. The van der Waals surface area contributed by atoms with Gasteiger partial charge in [-0.05, 0) is 37.8 Å². The average molecular weight is 325 g/mol. The Kier molecular flexibility index (Phi) is 4.54. The van der Waals surface area contributed by atoms with E-state index in [0.717, 1.165) is 30.7 Å². The van der Waals surface area contributed by atoms with E-state index in [1.807, 2.05) is 6.07 Å². The van der Waals surface area contributed by atoms with E-state index in [1.165, 1.54) is 21.8 Å². The van der Waals surface area contributed by atoms with Gasteiger partial charge in [-0.15, -0.1) is 17.8 Å². The highest BCUT2D eigenvalue weighted by atomic mass is 32.1. The fourth-order valence-electron chi connectivity index (χ4n) is 3.67. The molecule has 1 spiro atoms. The van der Waals surface area contributed by atoms with Crippen LogP contribution in [0.25, 0.3) is 0 Å². The van der Waals surface area contributed by atoms with Crippen LogP contribution >= 0.6 is 11.3 Å². The van der Waals surface area contributed by atoms with Crippen molar-refractivity contribution >= 4 is 11.3 Å². The summed E-state index contributed by atoms with van der Waals surface area (Å²) in [6, 6.07) is 2.31. The smallest absolute Gasteiger partial charge is 0.243 e. The van der Waals surface area contributed by atoms with Crippen molar-refractivity contribution in [3.05, 3.63) is 21.4 Å². The molecule has 0 bridgehead atoms. The summed E-state index contributed by atoms with van der Waals surface area (Å²) in [5.41, 5.74) is 0.924. The summed E-state index contributed by atoms with van der Waals surface area (Å²) >= 11 is 1.52. The van der Waals surface area contributed by atoms with Crippen LogP contribution in [0.2, 0.25) is 0 Å². The number of terminal acetylenes is 1. The molecule has 3 rings (SSSR count). The lowest BCUT2D eigenvalue weighted by Crippen LogP contribution is -2.50. The first-order chi connectivity index (χ1) is 10.5. The normalized spacial score (nSPS) is 28.8. The summed E-state index contributed by atoms with van der Waals surface area (Å²) < 4.78 is 31.5. The first kappa shape index (κ1) is 15.9. The number of hydrogen-bond acceptors (Lipinski definition) is 3. The molecule has 0 N–H and O–H groups in total. The Balaban J connectivity index is 1.85. The minimum absolute atomic E-state index is 0.146. The van der Waals surface area contributed by atoms with Crippen LogP contribution in [0.1, 0.15) is 35.1 Å². The van der Waals surface area contributed by atoms with E-state index < -0.39 is 6.43 Å². The van der Waals surface area contributed by atoms with E-state index in [4.69, 9.17) is 11.2 Å². The summed E-state index contributed by atoms with van der Waals surface area (Å²) in [6.07, 6.45) is 5.60. The van der Waals surface area contributed by atoms with Gasteiger partial charge in [0, 0.05) is 28.8 Å². The summed E-state index contributed by atoms with van der Waals surface area (Å²) in [4.78, 5) is 4.25. The highest BCUT2D eigenvalue weighted by Gasteiger charge is 2.44. The van der Waals surface area contributed by atoms with Crippen molar-refractivity contribution in [1.29, 1.82) is 0 Å². The van der Waals surface area contributed by atoms with Crippen LogP contribution in [0, 0.1) is 12.3 Å². The minimum Gasteiger partial charge on any atom is -0.369 e. The van der Waals surface area contributed by atoms with E-state index >= 15 is 0 Å². The lowest BCUT2D eigenvalue weighted by Gasteiger charge is -2.46. The van der Waals surface area contributed by atoms with Gasteiger partial charge in [-0.25, -0.2) is 8.78 Å². The topological polar surface area (TPSA) is 12.5 Å². The van der Waals surface area contributed by atoms with Gasteiger partial charge in [-0.1, -0.05) is 5.92 Å². The van der Waals surface area contributed by atoms with Gasteiger partial charge in [0.15, 0.2) is 0 Å². The van der Waals surface area contributed by atoms with Crippen molar-refractivity contribution in [3.63, 3.8) is 0 Å². The second-order valence-corrected chi connectivity index (χ2v) is 7.37. The van der Waals surface area contributed by atoms with Crippen molar-refractivity contribution in [2.45, 2.75) is 50.7 Å². The van der Waals surface area contributed by atoms with E-state index in [9.17, 15) is 8.78 Å². The highest BCUT2D eigenvalue weighted by Crippen LogP contribution is 2.47. The number of fused-ring (bicyclic) bond motifs is 2. The molecular weight excluding hydrogens is 304 g/mol. The minimum atomic E-state index is -2.28. The van der Waals surface area contributed by atoms with Crippen LogP contribution < -0.4 is 0 Å². The van der Waals surface area contributed by atoms with Gasteiger partial charge >= 0.3 is 0 Å². The molecule has 1 saturated heterocycles. The second-order valence-electron chi connectivity index (χ2n) is 6.23. The first-order valence-corrected chi connectivity index (χ1v) is 8.57. The number of halogens is 2. The second kappa shape index (κ2) is 6.27. The lowest BCUT2D eigenvalue weighted by atomic mass is 9.82. The number of nitrogens with zero attached hydrogens (tertiary/aromatic N) is 1. The molecule has 5 heteroatoms. The number of ether oxygens (including phenoxy) is 1. The van der Waals surface area contributed by atoms with Crippen molar-refractivity contribution in [1.82, 2.24) is 4.90 Å². The summed E-state index contributed by atoms with van der Waals surface area (Å²) in [5, 5.41) is 0. The average Bonchev–Trinajstić information content (AvgIpc) is 2.86. The third-order valence-corrected chi connectivity index (χ3v) is 6.11. The largest absolute Gasteiger partial charge is 0.369 e. The molecule has 2 atom stereocenters. The number of thiophene rings is 1. The molecule has 1 fully saturated rings. The van der Waals surface area contributed by atoms with E-state index in [1.54, 1.807) is 0 Å². The Hall–Kier alpha value is -0.960. The highest BCUT2D eigenvalue weighted by molar-refractivity contribution is 7.12. The first-order valence-electron chi connectivity index (χ1n) is 7.76. The van der Waals surface area contributed by atoms with Gasteiger partial charge in [0.05, 0.1) is 13.2 Å². The van der Waals surface area contributed by atoms with Crippen molar-refractivity contribution in [3.8, 4) is 12.3 Å². The Morgan fingerprint density at radius 2 is 2.41 bits per heavy atom. The lowest BCUT2D eigenvalue weighted by molar-refractivity contribution is -0.107. The molecule has 2 aliphatic heterocycles. The molecule has 3 heterocycles. The molecular formula is C17H21F2NOS. The Morgan fingerprint density at radius 1 is 1.59 bits per heavy atom. The molecule has 120 valence electrons. The maximum absolute atomic E-state index is 12.7. The SMILES string of the molecule is C#CCN1CC[C@]2(C[C@@H]1C)OCCc1cc(CC(F)F)sc12. The van der Waals surface area contributed by atoms with E-state index in [2.05, 4.69) is 17.7 Å². The zero-order valence-corrected chi connectivity index (χ0v) is 13.6. The number of piperidine rings is 1.